The molecule has 94 valence electrons. The number of amidine groups is 1. The average Bonchev–Trinajstić information content (AvgIpc) is 2.26. The molecule has 0 aliphatic rings. The van der Waals surface area contributed by atoms with Crippen molar-refractivity contribution in [2.75, 3.05) is 6.61 Å². The molecule has 0 saturated carbocycles. The minimum Gasteiger partial charge on any atom is -0.493 e. The number of nitrogens with one attached hydrogen (secondary N) is 1. The summed E-state index contributed by atoms with van der Waals surface area (Å²) in [6.07, 6.45) is 2.32. The van der Waals surface area contributed by atoms with Gasteiger partial charge in [-0.25, -0.2) is 0 Å². The van der Waals surface area contributed by atoms with Gasteiger partial charge in [-0.15, -0.1) is 0 Å². The number of ether oxygens (including phenoxy) is 1. The third-order valence-corrected chi connectivity index (χ3v) is 2.73. The molecule has 0 bridgehead atoms. The normalized spacial score (nSPS) is 12.2. The number of benzene rings is 1. The molecule has 0 heterocycles. The fourth-order valence-corrected chi connectivity index (χ4v) is 1.78. The van der Waals surface area contributed by atoms with E-state index < -0.39 is 0 Å². The lowest BCUT2D eigenvalue weighted by molar-refractivity contribution is 0.251. The van der Waals surface area contributed by atoms with Crippen molar-refractivity contribution < 1.29 is 4.74 Å². The summed E-state index contributed by atoms with van der Waals surface area (Å²) in [6, 6.07) is 5.73. The van der Waals surface area contributed by atoms with Crippen molar-refractivity contribution in [2.24, 2.45) is 11.7 Å². The number of hydrogen-bond acceptors (Lipinski definition) is 2. The smallest absolute Gasteiger partial charge is 0.130 e. The summed E-state index contributed by atoms with van der Waals surface area (Å²) in [7, 11) is 0. The predicted octanol–water partition coefficient (Wildman–Crippen LogP) is 3.09. The molecular weight excluding hydrogens is 212 g/mol. The van der Waals surface area contributed by atoms with E-state index in [1.165, 1.54) is 0 Å². The molecule has 1 atom stereocenters. The Labute approximate surface area is 103 Å². The number of nitrogens with two attached hydrogens (primary N) is 1. The minimum atomic E-state index is 0.0585. The lowest BCUT2D eigenvalue weighted by atomic mass is 10.1. The second-order valence-corrected chi connectivity index (χ2v) is 4.62. The highest BCUT2D eigenvalue weighted by molar-refractivity contribution is 5.97. The summed E-state index contributed by atoms with van der Waals surface area (Å²) in [5.41, 5.74) is 7.33. The van der Waals surface area contributed by atoms with Crippen LogP contribution in [0.1, 0.15) is 37.8 Å². The van der Waals surface area contributed by atoms with E-state index in [1.807, 2.05) is 25.1 Å². The van der Waals surface area contributed by atoms with Crippen molar-refractivity contribution in [3.63, 3.8) is 0 Å². The Hall–Kier alpha value is -1.51. The van der Waals surface area contributed by atoms with E-state index >= 15 is 0 Å². The molecule has 3 heteroatoms. The van der Waals surface area contributed by atoms with Crippen LogP contribution in [0.4, 0.5) is 0 Å². The zero-order valence-corrected chi connectivity index (χ0v) is 10.9. The summed E-state index contributed by atoms with van der Waals surface area (Å²) in [4.78, 5) is 0. The zero-order chi connectivity index (χ0) is 12.8. The SMILES string of the molecule is CCCC(C)COc1cc(C)ccc1C(=N)N. The fourth-order valence-electron chi connectivity index (χ4n) is 1.78. The predicted molar refractivity (Wildman–Crippen MR) is 71.8 cm³/mol. The highest BCUT2D eigenvalue weighted by Gasteiger charge is 2.08. The van der Waals surface area contributed by atoms with Gasteiger partial charge in [-0.3, -0.25) is 5.41 Å². The molecule has 1 unspecified atom stereocenters. The maximum atomic E-state index is 7.51. The van der Waals surface area contributed by atoms with E-state index in [4.69, 9.17) is 15.9 Å². The molecule has 0 spiro atoms. The van der Waals surface area contributed by atoms with Gasteiger partial charge < -0.3 is 10.5 Å². The first-order chi connectivity index (χ1) is 8.04. The van der Waals surface area contributed by atoms with Gasteiger partial charge in [-0.1, -0.05) is 26.3 Å². The molecule has 1 aromatic rings. The Morgan fingerprint density at radius 1 is 1.47 bits per heavy atom. The average molecular weight is 234 g/mol. The van der Waals surface area contributed by atoms with Crippen LogP contribution in [-0.4, -0.2) is 12.4 Å². The maximum Gasteiger partial charge on any atom is 0.130 e. The summed E-state index contributed by atoms with van der Waals surface area (Å²) in [5, 5.41) is 7.51. The van der Waals surface area contributed by atoms with Gasteiger partial charge in [-0.05, 0) is 37.0 Å². The van der Waals surface area contributed by atoms with E-state index in [0.717, 1.165) is 24.2 Å². The van der Waals surface area contributed by atoms with Crippen LogP contribution in [0.25, 0.3) is 0 Å². The van der Waals surface area contributed by atoms with Gasteiger partial charge in [0.05, 0.1) is 12.2 Å². The molecule has 0 radical (unpaired) electrons. The molecule has 17 heavy (non-hydrogen) atoms. The third-order valence-electron chi connectivity index (χ3n) is 2.73. The molecule has 3 nitrogen and oxygen atoms in total. The van der Waals surface area contributed by atoms with E-state index in [9.17, 15) is 0 Å². The first-order valence-corrected chi connectivity index (χ1v) is 6.12. The van der Waals surface area contributed by atoms with Gasteiger partial charge >= 0.3 is 0 Å². The minimum absolute atomic E-state index is 0.0585. The van der Waals surface area contributed by atoms with Crippen LogP contribution in [0.3, 0.4) is 0 Å². The van der Waals surface area contributed by atoms with Crippen LogP contribution < -0.4 is 10.5 Å². The lowest BCUT2D eigenvalue weighted by Gasteiger charge is -2.15. The second kappa shape index (κ2) is 6.28. The first kappa shape index (κ1) is 13.6. The number of aryl methyl sites for hydroxylation is 1. The van der Waals surface area contributed by atoms with Gasteiger partial charge in [0.25, 0.3) is 0 Å². The molecule has 1 rings (SSSR count). The largest absolute Gasteiger partial charge is 0.493 e. The molecule has 0 amide bonds. The number of nitrogen functional groups attached to an aromatic ring is 1. The van der Waals surface area contributed by atoms with Crippen LogP contribution in [0, 0.1) is 18.3 Å². The summed E-state index contributed by atoms with van der Waals surface area (Å²) in [6.45, 7) is 7.03. The van der Waals surface area contributed by atoms with Gasteiger partial charge in [0.2, 0.25) is 0 Å². The van der Waals surface area contributed by atoms with E-state index in [1.54, 1.807) is 0 Å². The Kier molecular flexibility index (Phi) is 5.01. The van der Waals surface area contributed by atoms with Crippen molar-refractivity contribution in [1.82, 2.24) is 0 Å². The Morgan fingerprint density at radius 2 is 2.18 bits per heavy atom. The molecule has 0 aliphatic carbocycles. The van der Waals surface area contributed by atoms with Crippen molar-refractivity contribution in [2.45, 2.75) is 33.6 Å². The Morgan fingerprint density at radius 3 is 2.76 bits per heavy atom. The van der Waals surface area contributed by atoms with Crippen LogP contribution in [0.5, 0.6) is 5.75 Å². The van der Waals surface area contributed by atoms with Crippen LogP contribution >= 0.6 is 0 Å². The summed E-state index contributed by atoms with van der Waals surface area (Å²) < 4.78 is 5.77. The van der Waals surface area contributed by atoms with Gasteiger partial charge in [-0.2, -0.15) is 0 Å². The number of rotatable bonds is 6. The zero-order valence-electron chi connectivity index (χ0n) is 10.9. The Balaban J connectivity index is 2.75. The van der Waals surface area contributed by atoms with Gasteiger partial charge in [0.1, 0.15) is 11.6 Å². The fraction of sp³-hybridized carbons (Fsp3) is 0.500. The molecular formula is C14H22N2O. The first-order valence-electron chi connectivity index (χ1n) is 6.12. The molecule has 0 fully saturated rings. The summed E-state index contributed by atoms with van der Waals surface area (Å²) in [5.74, 6) is 1.31. The van der Waals surface area contributed by atoms with E-state index in [2.05, 4.69) is 13.8 Å². The highest BCUT2D eigenvalue weighted by Crippen LogP contribution is 2.21. The van der Waals surface area contributed by atoms with E-state index in [-0.39, 0.29) is 5.84 Å². The van der Waals surface area contributed by atoms with Gasteiger partial charge in [0, 0.05) is 0 Å². The molecule has 0 aliphatic heterocycles. The van der Waals surface area contributed by atoms with Crippen LogP contribution in [0.15, 0.2) is 18.2 Å². The van der Waals surface area contributed by atoms with E-state index in [0.29, 0.717) is 18.1 Å². The third kappa shape index (κ3) is 4.10. The topological polar surface area (TPSA) is 59.1 Å². The van der Waals surface area contributed by atoms with Crippen molar-refractivity contribution in [3.8, 4) is 5.75 Å². The monoisotopic (exact) mass is 234 g/mol. The van der Waals surface area contributed by atoms with Crippen LogP contribution in [0.2, 0.25) is 0 Å². The quantitative estimate of drug-likeness (QED) is 0.587. The van der Waals surface area contributed by atoms with Crippen molar-refractivity contribution in [1.29, 1.82) is 5.41 Å². The maximum absolute atomic E-state index is 7.51. The van der Waals surface area contributed by atoms with Crippen molar-refractivity contribution >= 4 is 5.84 Å². The number of hydrogen-bond donors (Lipinski definition) is 2. The standard InChI is InChI=1S/C14H22N2O/c1-4-5-11(3)9-17-13-8-10(2)6-7-12(13)14(15)16/h6-8,11H,4-5,9H2,1-3H3,(H3,15,16). The molecule has 3 N–H and O–H groups in total. The second-order valence-electron chi connectivity index (χ2n) is 4.62. The Bertz CT molecular complexity index is 388. The summed E-state index contributed by atoms with van der Waals surface area (Å²) >= 11 is 0. The highest BCUT2D eigenvalue weighted by atomic mass is 16.5. The van der Waals surface area contributed by atoms with Crippen molar-refractivity contribution in [3.05, 3.63) is 29.3 Å². The lowest BCUT2D eigenvalue weighted by Crippen LogP contribution is -2.15. The molecule has 0 saturated heterocycles. The van der Waals surface area contributed by atoms with Crippen LogP contribution in [-0.2, 0) is 0 Å². The molecule has 1 aromatic carbocycles. The molecule has 0 aromatic heterocycles. The van der Waals surface area contributed by atoms with Gasteiger partial charge in [0.15, 0.2) is 0 Å².